The van der Waals surface area contributed by atoms with Crippen LogP contribution in [0.2, 0.25) is 0 Å². The first-order valence-electron chi connectivity index (χ1n) is 13.4. The van der Waals surface area contributed by atoms with Crippen LogP contribution in [0, 0.1) is 45.3 Å². The van der Waals surface area contributed by atoms with Crippen molar-refractivity contribution in [2.45, 2.75) is 92.6 Å². The van der Waals surface area contributed by atoms with Gasteiger partial charge in [0.15, 0.2) is 0 Å². The van der Waals surface area contributed by atoms with Gasteiger partial charge in [0.05, 0.1) is 19.3 Å². The lowest BCUT2D eigenvalue weighted by atomic mass is 9.44. The fraction of sp³-hybridized carbons (Fsp3) is 0.800. The summed E-state index contributed by atoms with van der Waals surface area (Å²) in [5, 5.41) is 29.5. The number of aliphatic hydroxyl groups is 3. The fourth-order valence-corrected chi connectivity index (χ4v) is 8.77. The first kappa shape index (κ1) is 25.2. The molecule has 4 aliphatic rings. The summed E-state index contributed by atoms with van der Waals surface area (Å²) in [6, 6.07) is 0. The molecule has 33 heavy (non-hydrogen) atoms. The number of aliphatic hydroxyl groups excluding tert-OH is 3. The van der Waals surface area contributed by atoms with Gasteiger partial charge >= 0.3 is 0 Å². The first-order chi connectivity index (χ1) is 15.5. The van der Waals surface area contributed by atoms with Gasteiger partial charge in [0.1, 0.15) is 0 Å². The van der Waals surface area contributed by atoms with Crippen molar-refractivity contribution in [2.24, 2.45) is 45.3 Å². The Labute approximate surface area is 202 Å². The maximum Gasteiger partial charge on any atom is 0.0594 e. The molecule has 0 heterocycles. The van der Waals surface area contributed by atoms with E-state index in [0.29, 0.717) is 17.8 Å². The van der Waals surface area contributed by atoms with Crippen LogP contribution in [0.25, 0.3) is 0 Å². The molecule has 0 bridgehead atoms. The second-order valence-electron chi connectivity index (χ2n) is 13.2. The second-order valence-corrected chi connectivity index (χ2v) is 13.2. The van der Waals surface area contributed by atoms with Crippen molar-refractivity contribution in [1.82, 2.24) is 0 Å². The van der Waals surface area contributed by atoms with Crippen molar-refractivity contribution >= 4 is 0 Å². The van der Waals surface area contributed by atoms with E-state index >= 15 is 0 Å². The second kappa shape index (κ2) is 8.64. The van der Waals surface area contributed by atoms with Crippen LogP contribution < -0.4 is 0 Å². The van der Waals surface area contributed by atoms with E-state index in [1.807, 2.05) is 6.08 Å². The summed E-state index contributed by atoms with van der Waals surface area (Å²) in [6.45, 7) is 14.6. The van der Waals surface area contributed by atoms with Gasteiger partial charge < -0.3 is 15.3 Å². The van der Waals surface area contributed by atoms with Gasteiger partial charge in [-0.15, -0.1) is 0 Å². The maximum atomic E-state index is 10.8. The standard InChI is InChI=1S/C30H48O3/c1-20(8-7-9-21(18-31)19-32)22-12-16-30(6)24-10-11-25-27(2,3)26(33)14-15-28(25,4)23(24)13-17-29(22,30)5/h7,9-10,13,20-22,25-26,31-33H,8,11-12,14-19H2,1-6H3. The third kappa shape index (κ3) is 3.64. The molecule has 3 N–H and O–H groups in total. The topological polar surface area (TPSA) is 60.7 Å². The smallest absolute Gasteiger partial charge is 0.0594 e. The molecule has 0 radical (unpaired) electrons. The van der Waals surface area contributed by atoms with E-state index in [9.17, 15) is 15.3 Å². The van der Waals surface area contributed by atoms with Crippen LogP contribution >= 0.6 is 0 Å². The molecule has 4 aliphatic carbocycles. The molecule has 3 heteroatoms. The largest absolute Gasteiger partial charge is 0.396 e. The third-order valence-electron chi connectivity index (χ3n) is 11.4. The van der Waals surface area contributed by atoms with Gasteiger partial charge in [-0.05, 0) is 95.5 Å². The Morgan fingerprint density at radius 3 is 2.36 bits per heavy atom. The fourth-order valence-electron chi connectivity index (χ4n) is 8.77. The zero-order chi connectivity index (χ0) is 24.2. The molecular weight excluding hydrogens is 408 g/mol. The van der Waals surface area contributed by atoms with Crippen molar-refractivity contribution in [3.05, 3.63) is 35.5 Å². The van der Waals surface area contributed by atoms with E-state index in [1.165, 1.54) is 12.8 Å². The molecule has 186 valence electrons. The Morgan fingerprint density at radius 1 is 1.00 bits per heavy atom. The van der Waals surface area contributed by atoms with Gasteiger partial charge in [-0.1, -0.05) is 65.8 Å². The van der Waals surface area contributed by atoms with Crippen LogP contribution in [0.1, 0.15) is 86.5 Å². The molecule has 0 aliphatic heterocycles. The molecule has 2 fully saturated rings. The number of fused-ring (bicyclic) bond motifs is 5. The number of rotatable bonds is 6. The highest BCUT2D eigenvalue weighted by Gasteiger charge is 2.62. The van der Waals surface area contributed by atoms with Crippen LogP contribution in [0.3, 0.4) is 0 Å². The van der Waals surface area contributed by atoms with Crippen molar-refractivity contribution in [3.8, 4) is 0 Å². The van der Waals surface area contributed by atoms with Gasteiger partial charge in [0.25, 0.3) is 0 Å². The average molecular weight is 457 g/mol. The van der Waals surface area contributed by atoms with Gasteiger partial charge in [0, 0.05) is 5.92 Å². The van der Waals surface area contributed by atoms with E-state index < -0.39 is 0 Å². The van der Waals surface area contributed by atoms with E-state index in [4.69, 9.17) is 0 Å². The summed E-state index contributed by atoms with van der Waals surface area (Å²) in [4.78, 5) is 0. The molecule has 3 nitrogen and oxygen atoms in total. The molecule has 2 saturated carbocycles. The quantitative estimate of drug-likeness (QED) is 0.426. The number of allylic oxidation sites excluding steroid dienone is 5. The lowest BCUT2D eigenvalue weighted by Gasteiger charge is -2.61. The molecule has 0 amide bonds. The molecule has 0 saturated heterocycles. The van der Waals surface area contributed by atoms with E-state index in [0.717, 1.165) is 32.1 Å². The van der Waals surface area contributed by atoms with Crippen molar-refractivity contribution in [1.29, 1.82) is 0 Å². The Hall–Kier alpha value is -0.900. The van der Waals surface area contributed by atoms with E-state index in [-0.39, 0.29) is 46.9 Å². The van der Waals surface area contributed by atoms with Crippen LogP contribution in [0.5, 0.6) is 0 Å². The van der Waals surface area contributed by atoms with Crippen LogP contribution in [0.4, 0.5) is 0 Å². The minimum absolute atomic E-state index is 0.00984. The summed E-state index contributed by atoms with van der Waals surface area (Å²) in [7, 11) is 0. The Balaban J connectivity index is 1.61. The molecule has 4 rings (SSSR count). The lowest BCUT2D eigenvalue weighted by Crippen LogP contribution is -2.54. The SMILES string of the molecule is CC(CC=CC(CO)CO)C1CCC2(C)C3=CCC4C(C)(CCC(O)C4(C)C)C3=CCC12C. The molecule has 0 aromatic carbocycles. The lowest BCUT2D eigenvalue weighted by molar-refractivity contribution is -0.0850. The highest BCUT2D eigenvalue weighted by Crippen LogP contribution is 2.71. The average Bonchev–Trinajstić information content (AvgIpc) is 3.05. The summed E-state index contributed by atoms with van der Waals surface area (Å²) >= 11 is 0. The maximum absolute atomic E-state index is 10.8. The summed E-state index contributed by atoms with van der Waals surface area (Å²) in [5.74, 6) is 1.62. The van der Waals surface area contributed by atoms with E-state index in [2.05, 4.69) is 59.8 Å². The molecule has 7 atom stereocenters. The zero-order valence-electron chi connectivity index (χ0n) is 21.9. The predicted molar refractivity (Wildman–Crippen MR) is 136 cm³/mol. The Bertz CT molecular complexity index is 833. The normalized spacial score (nSPS) is 43.0. The molecule has 7 unspecified atom stereocenters. The van der Waals surface area contributed by atoms with Gasteiger partial charge in [0.2, 0.25) is 0 Å². The molecular formula is C30H48O3. The van der Waals surface area contributed by atoms with Crippen molar-refractivity contribution in [2.75, 3.05) is 13.2 Å². The summed E-state index contributed by atoms with van der Waals surface area (Å²) < 4.78 is 0. The van der Waals surface area contributed by atoms with Gasteiger partial charge in [-0.25, -0.2) is 0 Å². The predicted octanol–water partition coefficient (Wildman–Crippen LogP) is 6.06. The number of hydrogen-bond donors (Lipinski definition) is 3. The minimum Gasteiger partial charge on any atom is -0.396 e. The third-order valence-corrected chi connectivity index (χ3v) is 11.4. The molecule has 0 aromatic rings. The highest BCUT2D eigenvalue weighted by molar-refractivity contribution is 5.49. The van der Waals surface area contributed by atoms with Crippen LogP contribution in [0.15, 0.2) is 35.5 Å². The highest BCUT2D eigenvalue weighted by atomic mass is 16.3. The van der Waals surface area contributed by atoms with Crippen LogP contribution in [-0.2, 0) is 0 Å². The van der Waals surface area contributed by atoms with E-state index in [1.54, 1.807) is 11.1 Å². The van der Waals surface area contributed by atoms with Crippen molar-refractivity contribution in [3.63, 3.8) is 0 Å². The monoisotopic (exact) mass is 456 g/mol. The summed E-state index contributed by atoms with van der Waals surface area (Å²) in [5.41, 5.74) is 3.85. The first-order valence-corrected chi connectivity index (χ1v) is 13.4. The zero-order valence-corrected chi connectivity index (χ0v) is 21.9. The molecule has 0 aromatic heterocycles. The molecule has 0 spiro atoms. The van der Waals surface area contributed by atoms with Gasteiger partial charge in [-0.3, -0.25) is 0 Å². The Kier molecular flexibility index (Phi) is 6.60. The number of hydrogen-bond acceptors (Lipinski definition) is 3. The van der Waals surface area contributed by atoms with Crippen molar-refractivity contribution < 1.29 is 15.3 Å². The summed E-state index contributed by atoms with van der Waals surface area (Å²) in [6.07, 6.45) is 17.0. The van der Waals surface area contributed by atoms with Crippen LogP contribution in [-0.4, -0.2) is 34.6 Å². The minimum atomic E-state index is -0.198. The Morgan fingerprint density at radius 2 is 1.70 bits per heavy atom. The van der Waals surface area contributed by atoms with Gasteiger partial charge in [-0.2, -0.15) is 0 Å².